The molecule has 15 heavy (non-hydrogen) atoms. The number of hydrogen-bond acceptors (Lipinski definition) is 4. The monoisotopic (exact) mass is 233 g/mol. The maximum absolute atomic E-state index is 11.7. The van der Waals surface area contributed by atoms with E-state index >= 15 is 0 Å². The second-order valence-electron chi connectivity index (χ2n) is 4.19. The molecule has 1 fully saturated rings. The number of Topliss-reactive ketones (excluding diaryl/α,β-unsaturated/α-hetero) is 1. The lowest BCUT2D eigenvalue weighted by molar-refractivity contribution is -0.122. The molecular formula is C10H19NO3S. The van der Waals surface area contributed by atoms with E-state index in [9.17, 15) is 13.2 Å². The van der Waals surface area contributed by atoms with E-state index in [0.29, 0.717) is 12.5 Å². The Hall–Kier alpha value is -0.420. The van der Waals surface area contributed by atoms with Crippen LogP contribution in [0.5, 0.6) is 0 Å². The maximum Gasteiger partial charge on any atom is 0.150 e. The Morgan fingerprint density at radius 3 is 2.53 bits per heavy atom. The molecule has 0 saturated carbocycles. The number of carbonyl (C=O) groups excluding carboxylic acids is 1. The van der Waals surface area contributed by atoms with Crippen LogP contribution in [-0.2, 0) is 14.6 Å². The predicted molar refractivity (Wildman–Crippen MR) is 59.5 cm³/mol. The fourth-order valence-electron chi connectivity index (χ4n) is 1.83. The van der Waals surface area contributed by atoms with Gasteiger partial charge >= 0.3 is 0 Å². The minimum absolute atomic E-state index is 0.00551. The average molecular weight is 233 g/mol. The molecule has 1 N–H and O–H groups in total. The molecule has 0 radical (unpaired) electrons. The smallest absolute Gasteiger partial charge is 0.150 e. The molecule has 0 aliphatic carbocycles. The summed E-state index contributed by atoms with van der Waals surface area (Å²) >= 11 is 0. The topological polar surface area (TPSA) is 63.2 Å². The van der Waals surface area contributed by atoms with Crippen LogP contribution in [0.2, 0.25) is 0 Å². The lowest BCUT2D eigenvalue weighted by Crippen LogP contribution is -2.24. The zero-order valence-electron chi connectivity index (χ0n) is 9.32. The summed E-state index contributed by atoms with van der Waals surface area (Å²) in [5.74, 6) is 0.563. The predicted octanol–water partition coefficient (Wildman–Crippen LogP) is 0.236. The number of rotatable bonds is 5. The van der Waals surface area contributed by atoms with Crippen molar-refractivity contribution in [2.75, 3.05) is 24.6 Å². The third-order valence-corrected chi connectivity index (χ3v) is 4.74. The van der Waals surface area contributed by atoms with Crippen LogP contribution in [0.4, 0.5) is 0 Å². The van der Waals surface area contributed by atoms with Gasteiger partial charge in [-0.25, -0.2) is 8.42 Å². The maximum atomic E-state index is 11.7. The molecule has 1 aliphatic heterocycles. The van der Waals surface area contributed by atoms with E-state index in [-0.39, 0.29) is 29.6 Å². The van der Waals surface area contributed by atoms with Crippen molar-refractivity contribution >= 4 is 15.6 Å². The highest BCUT2D eigenvalue weighted by molar-refractivity contribution is 7.91. The first-order valence-corrected chi connectivity index (χ1v) is 7.22. The van der Waals surface area contributed by atoms with Crippen LogP contribution in [0, 0.1) is 11.8 Å². The van der Waals surface area contributed by atoms with E-state index in [0.717, 1.165) is 6.54 Å². The Balaban J connectivity index is 2.43. The summed E-state index contributed by atoms with van der Waals surface area (Å²) in [6.07, 6.45) is 0.173. The van der Waals surface area contributed by atoms with Crippen LogP contribution in [0.25, 0.3) is 0 Å². The molecule has 0 bridgehead atoms. The van der Waals surface area contributed by atoms with Crippen molar-refractivity contribution in [1.29, 1.82) is 0 Å². The standard InChI is InChI=1S/C10H19NO3S/c1-3-15(13,14)5-4-10(12)9-7-11-6-8(9)2/h8-9,11H,3-7H2,1-2H3. The summed E-state index contributed by atoms with van der Waals surface area (Å²) < 4.78 is 22.5. The molecule has 2 atom stereocenters. The summed E-state index contributed by atoms with van der Waals surface area (Å²) in [5, 5.41) is 3.14. The lowest BCUT2D eigenvalue weighted by atomic mass is 9.92. The molecule has 0 amide bonds. The zero-order valence-corrected chi connectivity index (χ0v) is 10.1. The quantitative estimate of drug-likeness (QED) is 0.738. The summed E-state index contributed by atoms with van der Waals surface area (Å²) in [4.78, 5) is 11.7. The second-order valence-corrected chi connectivity index (χ2v) is 6.67. The van der Waals surface area contributed by atoms with E-state index in [1.54, 1.807) is 6.92 Å². The molecule has 0 aromatic rings. The summed E-state index contributed by atoms with van der Waals surface area (Å²) in [7, 11) is -3.00. The van der Waals surface area contributed by atoms with E-state index in [1.807, 2.05) is 6.92 Å². The Morgan fingerprint density at radius 2 is 2.07 bits per heavy atom. The summed E-state index contributed by atoms with van der Waals surface area (Å²) in [5.41, 5.74) is 0. The number of hydrogen-bond donors (Lipinski definition) is 1. The molecule has 4 nitrogen and oxygen atoms in total. The number of sulfone groups is 1. The molecule has 0 aromatic carbocycles. The van der Waals surface area contributed by atoms with Gasteiger partial charge in [-0.2, -0.15) is 0 Å². The third-order valence-electron chi connectivity index (χ3n) is 3.03. The first-order chi connectivity index (χ1) is 6.96. The largest absolute Gasteiger partial charge is 0.316 e. The number of carbonyl (C=O) groups is 1. The SMILES string of the molecule is CCS(=O)(=O)CCC(=O)C1CNCC1C. The van der Waals surface area contributed by atoms with Crippen LogP contribution in [0.1, 0.15) is 20.3 Å². The fraction of sp³-hybridized carbons (Fsp3) is 0.900. The van der Waals surface area contributed by atoms with Crippen LogP contribution in [-0.4, -0.2) is 38.8 Å². The minimum Gasteiger partial charge on any atom is -0.316 e. The van der Waals surface area contributed by atoms with Crippen molar-refractivity contribution in [3.63, 3.8) is 0 Å². The highest BCUT2D eigenvalue weighted by Gasteiger charge is 2.29. The van der Waals surface area contributed by atoms with Gasteiger partial charge in [-0.15, -0.1) is 0 Å². The van der Waals surface area contributed by atoms with Crippen molar-refractivity contribution in [3.05, 3.63) is 0 Å². The van der Waals surface area contributed by atoms with Crippen LogP contribution in [0.15, 0.2) is 0 Å². The summed E-state index contributed by atoms with van der Waals surface area (Å²) in [6.45, 7) is 5.19. The van der Waals surface area contributed by atoms with Gasteiger partial charge < -0.3 is 5.32 Å². The zero-order chi connectivity index (χ0) is 11.5. The van der Waals surface area contributed by atoms with Gasteiger partial charge in [-0.3, -0.25) is 4.79 Å². The number of nitrogens with one attached hydrogen (secondary N) is 1. The van der Waals surface area contributed by atoms with Crippen molar-refractivity contribution in [2.45, 2.75) is 20.3 Å². The van der Waals surface area contributed by atoms with Gasteiger partial charge in [0.2, 0.25) is 0 Å². The molecule has 1 saturated heterocycles. The van der Waals surface area contributed by atoms with Gasteiger partial charge in [0.25, 0.3) is 0 Å². The minimum atomic E-state index is -3.00. The van der Waals surface area contributed by atoms with Gasteiger partial charge in [0.05, 0.1) is 5.75 Å². The molecule has 88 valence electrons. The van der Waals surface area contributed by atoms with Gasteiger partial charge in [0, 0.05) is 24.6 Å². The molecule has 1 aliphatic rings. The van der Waals surface area contributed by atoms with Gasteiger partial charge in [-0.05, 0) is 12.5 Å². The van der Waals surface area contributed by atoms with E-state index in [1.165, 1.54) is 0 Å². The van der Waals surface area contributed by atoms with Crippen molar-refractivity contribution in [2.24, 2.45) is 11.8 Å². The first kappa shape index (κ1) is 12.6. The Morgan fingerprint density at radius 1 is 1.40 bits per heavy atom. The van der Waals surface area contributed by atoms with Crippen molar-refractivity contribution in [3.8, 4) is 0 Å². The molecule has 1 heterocycles. The molecular weight excluding hydrogens is 214 g/mol. The fourth-order valence-corrected chi connectivity index (χ4v) is 2.63. The Bertz CT molecular complexity index is 324. The van der Waals surface area contributed by atoms with Crippen molar-refractivity contribution in [1.82, 2.24) is 5.32 Å². The van der Waals surface area contributed by atoms with Crippen LogP contribution >= 0.6 is 0 Å². The van der Waals surface area contributed by atoms with E-state index < -0.39 is 9.84 Å². The second kappa shape index (κ2) is 5.07. The van der Waals surface area contributed by atoms with Crippen LogP contribution in [0.3, 0.4) is 0 Å². The van der Waals surface area contributed by atoms with Crippen molar-refractivity contribution < 1.29 is 13.2 Å². The Kier molecular flexibility index (Phi) is 4.28. The van der Waals surface area contributed by atoms with Gasteiger partial charge in [0.15, 0.2) is 0 Å². The molecule has 1 rings (SSSR count). The van der Waals surface area contributed by atoms with E-state index in [4.69, 9.17) is 0 Å². The summed E-state index contributed by atoms with van der Waals surface area (Å²) in [6, 6.07) is 0. The first-order valence-electron chi connectivity index (χ1n) is 5.40. The number of ketones is 1. The van der Waals surface area contributed by atoms with Gasteiger partial charge in [0.1, 0.15) is 15.6 Å². The molecule has 0 aromatic heterocycles. The molecule has 5 heteroatoms. The highest BCUT2D eigenvalue weighted by atomic mass is 32.2. The lowest BCUT2D eigenvalue weighted by Gasteiger charge is -2.12. The average Bonchev–Trinajstić information content (AvgIpc) is 2.61. The highest BCUT2D eigenvalue weighted by Crippen LogP contribution is 2.18. The molecule has 0 spiro atoms. The molecule has 2 unspecified atom stereocenters. The normalized spacial score (nSPS) is 26.8. The third kappa shape index (κ3) is 3.57. The van der Waals surface area contributed by atoms with E-state index in [2.05, 4.69) is 5.32 Å². The van der Waals surface area contributed by atoms with Gasteiger partial charge in [-0.1, -0.05) is 13.8 Å². The Labute approximate surface area is 91.4 Å². The van der Waals surface area contributed by atoms with Crippen LogP contribution < -0.4 is 5.32 Å².